The number of unbranched alkanes of at least 4 members (excludes halogenated alkanes) is 5. The van der Waals surface area contributed by atoms with Crippen LogP contribution in [0.3, 0.4) is 0 Å². The number of carbonyl (C=O) groups is 1. The van der Waals surface area contributed by atoms with Gasteiger partial charge in [-0.05, 0) is 26.2 Å². The lowest BCUT2D eigenvalue weighted by Crippen LogP contribution is -1.99. The van der Waals surface area contributed by atoms with E-state index < -0.39 is 0 Å². The predicted octanol–water partition coefficient (Wildman–Crippen LogP) is 4.02. The Balaban J connectivity index is 3.07. The number of esters is 1. The largest absolute Gasteiger partial charge is 0.466 e. The molecule has 0 saturated carbocycles. The molecule has 0 heterocycles. The van der Waals surface area contributed by atoms with Crippen LogP contribution in [0.1, 0.15) is 52.4 Å². The summed E-state index contributed by atoms with van der Waals surface area (Å²) in [6, 6.07) is 0. The van der Waals surface area contributed by atoms with E-state index in [-0.39, 0.29) is 5.97 Å². The Morgan fingerprint density at radius 3 is 2.44 bits per heavy atom. The lowest BCUT2D eigenvalue weighted by atomic mass is 10.1. The summed E-state index contributed by atoms with van der Waals surface area (Å²) >= 11 is 0. The minimum Gasteiger partial charge on any atom is -0.466 e. The van der Waals surface area contributed by atoms with Gasteiger partial charge >= 0.3 is 5.97 Å². The van der Waals surface area contributed by atoms with Crippen molar-refractivity contribution in [1.29, 1.82) is 0 Å². The minimum atomic E-state index is -0.172. The van der Waals surface area contributed by atoms with Crippen LogP contribution in [0.2, 0.25) is 0 Å². The maximum atomic E-state index is 10.5. The number of hydrogen-bond acceptors (Lipinski definition) is 2. The van der Waals surface area contributed by atoms with Gasteiger partial charge in [-0.3, -0.25) is 4.79 Å². The third-order valence-corrected chi connectivity index (χ3v) is 2.26. The molecule has 0 amide bonds. The molecule has 0 rings (SSSR count). The number of ether oxygens (including phenoxy) is 1. The van der Waals surface area contributed by atoms with Crippen molar-refractivity contribution in [3.63, 3.8) is 0 Å². The number of hydrogen-bond donors (Lipinski definition) is 0. The van der Waals surface area contributed by atoms with Gasteiger partial charge in [-0.2, -0.15) is 0 Å². The van der Waals surface area contributed by atoms with Crippen molar-refractivity contribution in [2.75, 3.05) is 6.61 Å². The van der Waals surface area contributed by atoms with Crippen molar-refractivity contribution in [2.24, 2.45) is 0 Å². The van der Waals surface area contributed by atoms with E-state index in [2.05, 4.69) is 18.2 Å². The molecule has 0 aliphatic carbocycles. The first-order valence-electron chi connectivity index (χ1n) is 6.18. The van der Waals surface area contributed by atoms with E-state index in [1.807, 2.05) is 13.0 Å². The van der Waals surface area contributed by atoms with Crippen LogP contribution in [0.4, 0.5) is 0 Å². The Labute approximate surface area is 99.4 Å². The van der Waals surface area contributed by atoms with Gasteiger partial charge in [-0.15, -0.1) is 0 Å². The number of rotatable bonds is 9. The summed E-state index contributed by atoms with van der Waals surface area (Å²) in [4.78, 5) is 10.5. The van der Waals surface area contributed by atoms with E-state index >= 15 is 0 Å². The second-order valence-corrected chi connectivity index (χ2v) is 3.85. The van der Waals surface area contributed by atoms with Crippen LogP contribution in [0.5, 0.6) is 0 Å². The van der Waals surface area contributed by atoms with Crippen molar-refractivity contribution in [3.8, 4) is 0 Å². The van der Waals surface area contributed by atoms with E-state index in [9.17, 15) is 4.79 Å². The molecule has 0 aliphatic rings. The topological polar surface area (TPSA) is 26.3 Å². The molecule has 0 atom stereocenters. The molecule has 0 unspecified atom stereocenters. The number of allylic oxidation sites excluding steroid dienone is 4. The van der Waals surface area contributed by atoms with E-state index in [4.69, 9.17) is 4.74 Å². The molecular formula is C14H24O2. The summed E-state index contributed by atoms with van der Waals surface area (Å²) in [5.41, 5.74) is 0. The highest BCUT2D eigenvalue weighted by Crippen LogP contribution is 2.06. The monoisotopic (exact) mass is 224 g/mol. The average Bonchev–Trinajstić information content (AvgIpc) is 2.25. The molecular weight excluding hydrogens is 200 g/mol. The van der Waals surface area contributed by atoms with Crippen molar-refractivity contribution in [1.82, 2.24) is 0 Å². The summed E-state index contributed by atoms with van der Waals surface area (Å²) in [6.07, 6.45) is 15.5. The Kier molecular flexibility index (Phi) is 11.2. The van der Waals surface area contributed by atoms with Crippen molar-refractivity contribution >= 4 is 5.97 Å². The first-order chi connectivity index (χ1) is 7.77. The van der Waals surface area contributed by atoms with Crippen LogP contribution in [0, 0.1) is 0 Å². The number of carbonyl (C=O) groups excluding carboxylic acids is 1. The van der Waals surface area contributed by atoms with Gasteiger partial charge in [0.2, 0.25) is 0 Å². The Bertz CT molecular complexity index is 217. The maximum Gasteiger partial charge on any atom is 0.302 e. The molecule has 0 spiro atoms. The lowest BCUT2D eigenvalue weighted by molar-refractivity contribution is -0.141. The molecule has 2 nitrogen and oxygen atoms in total. The highest BCUT2D eigenvalue weighted by molar-refractivity contribution is 5.65. The second-order valence-electron chi connectivity index (χ2n) is 3.85. The molecule has 16 heavy (non-hydrogen) atoms. The van der Waals surface area contributed by atoms with Crippen LogP contribution in [0.25, 0.3) is 0 Å². The van der Waals surface area contributed by atoms with Crippen LogP contribution in [-0.2, 0) is 9.53 Å². The fourth-order valence-electron chi connectivity index (χ4n) is 1.40. The lowest BCUT2D eigenvalue weighted by Gasteiger charge is -2.01. The summed E-state index contributed by atoms with van der Waals surface area (Å²) in [7, 11) is 0. The Hall–Kier alpha value is -1.05. The van der Waals surface area contributed by atoms with Gasteiger partial charge in [0.25, 0.3) is 0 Å². The van der Waals surface area contributed by atoms with Crippen molar-refractivity contribution < 1.29 is 9.53 Å². The third kappa shape index (κ3) is 12.9. The van der Waals surface area contributed by atoms with Crippen LogP contribution < -0.4 is 0 Å². The predicted molar refractivity (Wildman–Crippen MR) is 68.3 cm³/mol. The quantitative estimate of drug-likeness (QED) is 0.336. The zero-order valence-electron chi connectivity index (χ0n) is 10.6. The van der Waals surface area contributed by atoms with Crippen molar-refractivity contribution in [2.45, 2.75) is 52.4 Å². The zero-order chi connectivity index (χ0) is 12.1. The van der Waals surface area contributed by atoms with E-state index in [0.717, 1.165) is 19.3 Å². The fraction of sp³-hybridized carbons (Fsp3) is 0.643. The second kappa shape index (κ2) is 12.0. The molecule has 0 N–H and O–H groups in total. The minimum absolute atomic E-state index is 0.172. The summed E-state index contributed by atoms with van der Waals surface area (Å²) in [5, 5.41) is 0. The van der Waals surface area contributed by atoms with Crippen molar-refractivity contribution in [3.05, 3.63) is 24.3 Å². The molecule has 0 saturated heterocycles. The zero-order valence-corrected chi connectivity index (χ0v) is 10.6. The molecule has 0 aromatic heterocycles. The third-order valence-electron chi connectivity index (χ3n) is 2.26. The molecule has 0 radical (unpaired) electrons. The Morgan fingerprint density at radius 2 is 1.75 bits per heavy atom. The van der Waals surface area contributed by atoms with Gasteiger partial charge in [0, 0.05) is 6.92 Å². The van der Waals surface area contributed by atoms with Gasteiger partial charge in [-0.25, -0.2) is 0 Å². The SMILES string of the molecule is CC=CC=CCCCCCCCOC(C)=O. The molecule has 2 heteroatoms. The first-order valence-corrected chi connectivity index (χ1v) is 6.18. The first kappa shape index (κ1) is 14.9. The molecule has 0 aliphatic heterocycles. The van der Waals surface area contributed by atoms with E-state index in [1.54, 1.807) is 0 Å². The van der Waals surface area contributed by atoms with Crippen LogP contribution in [-0.4, -0.2) is 12.6 Å². The summed E-state index contributed by atoms with van der Waals surface area (Å²) < 4.78 is 4.86. The van der Waals surface area contributed by atoms with Gasteiger partial charge in [0.15, 0.2) is 0 Å². The van der Waals surface area contributed by atoms with Crippen LogP contribution in [0.15, 0.2) is 24.3 Å². The average molecular weight is 224 g/mol. The fourth-order valence-corrected chi connectivity index (χ4v) is 1.40. The molecule has 0 aromatic carbocycles. The standard InChI is InChI=1S/C14H24O2/c1-3-4-5-6-7-8-9-10-11-12-13-16-14(2)15/h3-6H,7-13H2,1-2H3. The maximum absolute atomic E-state index is 10.5. The van der Waals surface area contributed by atoms with Gasteiger partial charge in [0.1, 0.15) is 0 Å². The molecule has 0 fully saturated rings. The molecule has 0 aromatic rings. The highest BCUT2D eigenvalue weighted by Gasteiger charge is 1.93. The highest BCUT2D eigenvalue weighted by atomic mass is 16.5. The van der Waals surface area contributed by atoms with Gasteiger partial charge in [-0.1, -0.05) is 43.6 Å². The van der Waals surface area contributed by atoms with E-state index in [1.165, 1.54) is 26.2 Å². The summed E-state index contributed by atoms with van der Waals surface area (Å²) in [6.45, 7) is 4.06. The summed E-state index contributed by atoms with van der Waals surface area (Å²) in [5.74, 6) is -0.172. The van der Waals surface area contributed by atoms with E-state index in [0.29, 0.717) is 6.61 Å². The Morgan fingerprint density at radius 1 is 1.06 bits per heavy atom. The van der Waals surface area contributed by atoms with Crippen LogP contribution >= 0.6 is 0 Å². The normalized spacial score (nSPS) is 11.4. The van der Waals surface area contributed by atoms with Gasteiger partial charge in [0.05, 0.1) is 6.61 Å². The molecule has 0 bridgehead atoms. The van der Waals surface area contributed by atoms with Gasteiger partial charge < -0.3 is 4.74 Å². The smallest absolute Gasteiger partial charge is 0.302 e. The molecule has 92 valence electrons.